The lowest BCUT2D eigenvalue weighted by molar-refractivity contribution is -0.123. The maximum atomic E-state index is 13.0. The van der Waals surface area contributed by atoms with Crippen LogP contribution in [0.5, 0.6) is 5.75 Å². The first-order chi connectivity index (χ1) is 10.5. The molecule has 6 heteroatoms. The first kappa shape index (κ1) is 16.4. The average Bonchev–Trinajstić information content (AvgIpc) is 2.46. The second-order valence-electron chi connectivity index (χ2n) is 4.59. The second kappa shape index (κ2) is 7.89. The summed E-state index contributed by atoms with van der Waals surface area (Å²) in [6.45, 7) is 0.212. The third kappa shape index (κ3) is 5.11. The maximum Gasteiger partial charge on any atom is 0.257 e. The Morgan fingerprint density at radius 1 is 1.14 bits per heavy atom. The zero-order valence-corrected chi connectivity index (χ0v) is 13.2. The van der Waals surface area contributed by atoms with E-state index in [1.54, 1.807) is 12.1 Å². The van der Waals surface area contributed by atoms with Crippen LogP contribution in [0.3, 0.4) is 0 Å². The van der Waals surface area contributed by atoms with Crippen molar-refractivity contribution in [1.29, 1.82) is 0 Å². The number of carbonyl (C=O) groups excluding carboxylic acids is 1. The van der Waals surface area contributed by atoms with Crippen molar-refractivity contribution >= 4 is 21.8 Å². The van der Waals surface area contributed by atoms with Gasteiger partial charge in [0.25, 0.3) is 5.91 Å². The number of carbonyl (C=O) groups is 1. The van der Waals surface area contributed by atoms with Crippen molar-refractivity contribution < 1.29 is 18.3 Å². The molecule has 116 valence electrons. The van der Waals surface area contributed by atoms with E-state index in [1.165, 1.54) is 30.3 Å². The molecule has 0 aromatic heterocycles. The molecule has 1 amide bonds. The van der Waals surface area contributed by atoms with Gasteiger partial charge in [0.05, 0.1) is 4.47 Å². The molecule has 0 heterocycles. The lowest BCUT2D eigenvalue weighted by atomic mass is 10.1. The lowest BCUT2D eigenvalue weighted by Gasteiger charge is -2.09. The third-order valence-electron chi connectivity index (χ3n) is 2.88. The van der Waals surface area contributed by atoms with Crippen LogP contribution in [0.1, 0.15) is 5.56 Å². The molecule has 3 nitrogen and oxygen atoms in total. The van der Waals surface area contributed by atoms with Crippen LogP contribution in [0.2, 0.25) is 0 Å². The van der Waals surface area contributed by atoms with E-state index in [2.05, 4.69) is 21.2 Å². The van der Waals surface area contributed by atoms with Crippen molar-refractivity contribution in [3.63, 3.8) is 0 Å². The molecular weight excluding hydrogens is 356 g/mol. The normalized spacial score (nSPS) is 10.3. The molecule has 0 aliphatic heterocycles. The minimum absolute atomic E-state index is 0.173. The Morgan fingerprint density at radius 2 is 1.91 bits per heavy atom. The molecular formula is C16H14BrF2NO2. The van der Waals surface area contributed by atoms with Gasteiger partial charge in [-0.2, -0.15) is 0 Å². The summed E-state index contributed by atoms with van der Waals surface area (Å²) in [4.78, 5) is 11.7. The van der Waals surface area contributed by atoms with Crippen molar-refractivity contribution in [1.82, 2.24) is 5.32 Å². The van der Waals surface area contributed by atoms with Crippen molar-refractivity contribution in [2.45, 2.75) is 6.42 Å². The van der Waals surface area contributed by atoms with Gasteiger partial charge < -0.3 is 10.1 Å². The molecule has 22 heavy (non-hydrogen) atoms. The van der Waals surface area contributed by atoms with E-state index in [0.29, 0.717) is 23.2 Å². The molecule has 0 unspecified atom stereocenters. The topological polar surface area (TPSA) is 38.3 Å². The minimum Gasteiger partial charge on any atom is -0.483 e. The Hall–Kier alpha value is -1.95. The molecule has 1 N–H and O–H groups in total. The van der Waals surface area contributed by atoms with Gasteiger partial charge in [-0.15, -0.1) is 0 Å². The predicted molar refractivity (Wildman–Crippen MR) is 82.7 cm³/mol. The molecule has 0 aliphatic carbocycles. The summed E-state index contributed by atoms with van der Waals surface area (Å²) in [5.74, 6) is -0.596. The van der Waals surface area contributed by atoms with Gasteiger partial charge in [-0.1, -0.05) is 12.1 Å². The molecule has 0 saturated carbocycles. The fourth-order valence-electron chi connectivity index (χ4n) is 1.83. The first-order valence-corrected chi connectivity index (χ1v) is 7.43. The van der Waals surface area contributed by atoms with E-state index in [4.69, 9.17) is 4.74 Å². The minimum atomic E-state index is -0.390. The number of hydrogen-bond acceptors (Lipinski definition) is 2. The van der Waals surface area contributed by atoms with Crippen LogP contribution in [-0.2, 0) is 11.2 Å². The summed E-state index contributed by atoms with van der Waals surface area (Å²) in [5.41, 5.74) is 0.808. The molecule has 0 saturated heterocycles. The Kier molecular flexibility index (Phi) is 5.89. The third-order valence-corrected chi connectivity index (χ3v) is 3.50. The van der Waals surface area contributed by atoms with Gasteiger partial charge in [-0.3, -0.25) is 4.79 Å². The molecule has 2 aromatic carbocycles. The smallest absolute Gasteiger partial charge is 0.257 e. The van der Waals surface area contributed by atoms with E-state index in [9.17, 15) is 13.6 Å². The van der Waals surface area contributed by atoms with E-state index in [1.807, 2.05) is 0 Å². The van der Waals surface area contributed by atoms with Gasteiger partial charge in [0.15, 0.2) is 6.61 Å². The SMILES string of the molecule is O=C(COc1ccc(F)cc1Br)NCCc1cccc(F)c1. The van der Waals surface area contributed by atoms with Crippen LogP contribution in [0, 0.1) is 11.6 Å². The molecule has 2 rings (SSSR count). The summed E-state index contributed by atoms with van der Waals surface area (Å²) >= 11 is 3.16. The lowest BCUT2D eigenvalue weighted by Crippen LogP contribution is -2.30. The second-order valence-corrected chi connectivity index (χ2v) is 5.45. The fraction of sp³-hybridized carbons (Fsp3) is 0.188. The van der Waals surface area contributed by atoms with Gasteiger partial charge in [0.1, 0.15) is 17.4 Å². The highest BCUT2D eigenvalue weighted by Gasteiger charge is 2.06. The van der Waals surface area contributed by atoms with Crippen LogP contribution < -0.4 is 10.1 Å². The highest BCUT2D eigenvalue weighted by Crippen LogP contribution is 2.25. The number of amides is 1. The molecule has 0 atom stereocenters. The number of rotatable bonds is 6. The largest absolute Gasteiger partial charge is 0.483 e. The van der Waals surface area contributed by atoms with Crippen LogP contribution in [0.25, 0.3) is 0 Å². The standard InChI is InChI=1S/C16H14BrF2NO2/c17-14-9-13(19)4-5-15(14)22-10-16(21)20-7-6-11-2-1-3-12(18)8-11/h1-5,8-9H,6-7,10H2,(H,20,21). The number of halogens is 3. The van der Waals surface area contributed by atoms with E-state index >= 15 is 0 Å². The quantitative estimate of drug-likeness (QED) is 0.846. The number of hydrogen-bond donors (Lipinski definition) is 1. The number of nitrogens with one attached hydrogen (secondary N) is 1. The van der Waals surface area contributed by atoms with Gasteiger partial charge in [-0.25, -0.2) is 8.78 Å². The Labute approximate surface area is 135 Å². The zero-order chi connectivity index (χ0) is 15.9. The van der Waals surface area contributed by atoms with Gasteiger partial charge in [0.2, 0.25) is 0 Å². The monoisotopic (exact) mass is 369 g/mol. The predicted octanol–water partition coefficient (Wildman–Crippen LogP) is 3.47. The maximum absolute atomic E-state index is 13.0. The molecule has 0 bridgehead atoms. The molecule has 0 spiro atoms. The first-order valence-electron chi connectivity index (χ1n) is 6.63. The van der Waals surface area contributed by atoms with Crippen LogP contribution in [0.4, 0.5) is 8.78 Å². The molecule has 2 aromatic rings. The van der Waals surface area contributed by atoms with Gasteiger partial charge in [0, 0.05) is 6.54 Å². The van der Waals surface area contributed by atoms with Gasteiger partial charge in [-0.05, 0) is 58.2 Å². The average molecular weight is 370 g/mol. The Bertz CT molecular complexity index is 664. The Morgan fingerprint density at radius 3 is 2.64 bits per heavy atom. The highest BCUT2D eigenvalue weighted by atomic mass is 79.9. The molecule has 0 fully saturated rings. The summed E-state index contributed by atoms with van der Waals surface area (Å²) < 4.78 is 31.6. The van der Waals surface area contributed by atoms with Crippen molar-refractivity contribution in [2.75, 3.05) is 13.2 Å². The zero-order valence-electron chi connectivity index (χ0n) is 11.6. The summed E-state index contributed by atoms with van der Waals surface area (Å²) in [6, 6.07) is 10.2. The van der Waals surface area contributed by atoms with Crippen LogP contribution in [0.15, 0.2) is 46.9 Å². The summed E-state index contributed by atoms with van der Waals surface area (Å²) in [7, 11) is 0. The molecule has 0 aliphatic rings. The summed E-state index contributed by atoms with van der Waals surface area (Å²) in [5, 5.41) is 2.68. The van der Waals surface area contributed by atoms with Crippen LogP contribution >= 0.6 is 15.9 Å². The fourth-order valence-corrected chi connectivity index (χ4v) is 2.29. The van der Waals surface area contributed by atoms with E-state index in [-0.39, 0.29) is 18.3 Å². The van der Waals surface area contributed by atoms with Gasteiger partial charge >= 0.3 is 0 Å². The number of ether oxygens (including phenoxy) is 1. The molecule has 0 radical (unpaired) electrons. The van der Waals surface area contributed by atoms with Crippen molar-refractivity contribution in [3.8, 4) is 5.75 Å². The van der Waals surface area contributed by atoms with E-state index in [0.717, 1.165) is 5.56 Å². The van der Waals surface area contributed by atoms with Crippen molar-refractivity contribution in [3.05, 3.63) is 64.1 Å². The number of benzene rings is 2. The van der Waals surface area contributed by atoms with Crippen LogP contribution in [-0.4, -0.2) is 19.1 Å². The Balaban J connectivity index is 1.74. The highest BCUT2D eigenvalue weighted by molar-refractivity contribution is 9.10. The van der Waals surface area contributed by atoms with E-state index < -0.39 is 5.82 Å². The van der Waals surface area contributed by atoms with Crippen molar-refractivity contribution in [2.24, 2.45) is 0 Å². The summed E-state index contributed by atoms with van der Waals surface area (Å²) in [6.07, 6.45) is 0.531.